The van der Waals surface area contributed by atoms with Gasteiger partial charge in [-0.1, -0.05) is 20.8 Å². The van der Waals surface area contributed by atoms with Gasteiger partial charge < -0.3 is 9.64 Å². The molecule has 1 fully saturated rings. The molecular formula is C11H21NO2. The first-order valence-corrected chi connectivity index (χ1v) is 5.37. The van der Waals surface area contributed by atoms with Crippen molar-refractivity contribution in [1.82, 2.24) is 4.90 Å². The smallest absolute Gasteiger partial charge is 0.409 e. The minimum Gasteiger partial charge on any atom is -0.450 e. The van der Waals surface area contributed by atoms with Crippen molar-refractivity contribution in [1.29, 1.82) is 0 Å². The van der Waals surface area contributed by atoms with E-state index in [1.54, 1.807) is 0 Å². The van der Waals surface area contributed by atoms with E-state index in [0.29, 0.717) is 17.9 Å². The van der Waals surface area contributed by atoms with Gasteiger partial charge >= 0.3 is 6.09 Å². The second-order valence-corrected chi connectivity index (χ2v) is 5.00. The Morgan fingerprint density at radius 2 is 2.14 bits per heavy atom. The lowest BCUT2D eigenvalue weighted by Crippen LogP contribution is -2.31. The molecule has 0 aromatic carbocycles. The van der Waals surface area contributed by atoms with E-state index in [1.165, 1.54) is 0 Å². The predicted molar refractivity (Wildman–Crippen MR) is 56.2 cm³/mol. The van der Waals surface area contributed by atoms with Crippen LogP contribution in [0.1, 0.15) is 34.1 Å². The van der Waals surface area contributed by atoms with Crippen molar-refractivity contribution < 1.29 is 9.53 Å². The number of ether oxygens (including phenoxy) is 1. The normalized spacial score (nSPS) is 22.6. The predicted octanol–water partition coefficient (Wildman–Crippen LogP) is 2.51. The first kappa shape index (κ1) is 11.3. The fourth-order valence-corrected chi connectivity index (χ4v) is 1.85. The fraction of sp³-hybridized carbons (Fsp3) is 0.909. The Morgan fingerprint density at radius 1 is 1.50 bits per heavy atom. The Bertz CT molecular complexity index is 208. The third kappa shape index (κ3) is 2.63. The summed E-state index contributed by atoms with van der Waals surface area (Å²) in [5.41, 5.74) is 0.293. The van der Waals surface area contributed by atoms with E-state index in [9.17, 15) is 4.79 Å². The van der Waals surface area contributed by atoms with E-state index >= 15 is 0 Å². The van der Waals surface area contributed by atoms with Gasteiger partial charge in [0.15, 0.2) is 0 Å². The highest BCUT2D eigenvalue weighted by Crippen LogP contribution is 2.33. The lowest BCUT2D eigenvalue weighted by molar-refractivity contribution is 0.111. The molecular weight excluding hydrogens is 178 g/mol. The molecule has 1 rings (SSSR count). The van der Waals surface area contributed by atoms with E-state index in [4.69, 9.17) is 4.74 Å². The Kier molecular flexibility index (Phi) is 3.40. The van der Waals surface area contributed by atoms with E-state index in [1.807, 2.05) is 11.8 Å². The SMILES string of the molecule is CCOC(=O)N1CC[C@@H](C(C)(C)C)C1. The average molecular weight is 199 g/mol. The molecule has 1 saturated heterocycles. The maximum absolute atomic E-state index is 11.4. The molecule has 1 atom stereocenters. The van der Waals surface area contributed by atoms with E-state index in [2.05, 4.69) is 20.8 Å². The van der Waals surface area contributed by atoms with Crippen molar-refractivity contribution in [2.24, 2.45) is 11.3 Å². The molecule has 1 heterocycles. The standard InChI is InChI=1S/C11H21NO2/c1-5-14-10(13)12-7-6-9(8-12)11(2,3)4/h9H,5-8H2,1-4H3/t9-/m1/s1. The van der Waals surface area contributed by atoms with Crippen LogP contribution in [0.15, 0.2) is 0 Å². The van der Waals surface area contributed by atoms with Crippen LogP contribution in [-0.2, 0) is 4.74 Å². The summed E-state index contributed by atoms with van der Waals surface area (Å²) in [6.45, 7) is 10.7. The number of hydrogen-bond donors (Lipinski definition) is 0. The maximum atomic E-state index is 11.4. The Hall–Kier alpha value is -0.730. The molecule has 0 unspecified atom stereocenters. The third-order valence-corrected chi connectivity index (χ3v) is 2.94. The van der Waals surface area contributed by atoms with E-state index < -0.39 is 0 Å². The highest BCUT2D eigenvalue weighted by Gasteiger charge is 2.34. The average Bonchev–Trinajstić information content (AvgIpc) is 2.51. The molecule has 3 heteroatoms. The number of nitrogens with zero attached hydrogens (tertiary/aromatic N) is 1. The molecule has 0 N–H and O–H groups in total. The Morgan fingerprint density at radius 3 is 2.57 bits per heavy atom. The minimum atomic E-state index is -0.153. The number of amides is 1. The van der Waals surface area contributed by atoms with Crippen LogP contribution >= 0.6 is 0 Å². The first-order chi connectivity index (χ1) is 6.45. The first-order valence-electron chi connectivity index (χ1n) is 5.37. The van der Waals surface area contributed by atoms with E-state index in [0.717, 1.165) is 19.5 Å². The fourth-order valence-electron chi connectivity index (χ4n) is 1.85. The van der Waals surface area contributed by atoms with Gasteiger partial charge in [0.25, 0.3) is 0 Å². The summed E-state index contributed by atoms with van der Waals surface area (Å²) in [5, 5.41) is 0. The molecule has 0 aromatic rings. The zero-order chi connectivity index (χ0) is 10.8. The summed E-state index contributed by atoms with van der Waals surface area (Å²) in [6, 6.07) is 0. The zero-order valence-corrected chi connectivity index (χ0v) is 9.67. The number of carbonyl (C=O) groups is 1. The number of hydrogen-bond acceptors (Lipinski definition) is 2. The third-order valence-electron chi connectivity index (χ3n) is 2.94. The van der Waals surface area contributed by atoms with Gasteiger partial charge in [-0.15, -0.1) is 0 Å². The molecule has 1 aliphatic rings. The largest absolute Gasteiger partial charge is 0.450 e. The quantitative estimate of drug-likeness (QED) is 0.649. The maximum Gasteiger partial charge on any atom is 0.409 e. The Balaban J connectivity index is 2.45. The van der Waals surface area contributed by atoms with Gasteiger partial charge in [0.1, 0.15) is 0 Å². The van der Waals surface area contributed by atoms with E-state index in [-0.39, 0.29) is 6.09 Å². The van der Waals surface area contributed by atoms with Crippen LogP contribution < -0.4 is 0 Å². The van der Waals surface area contributed by atoms with Gasteiger partial charge in [-0.2, -0.15) is 0 Å². The molecule has 0 bridgehead atoms. The summed E-state index contributed by atoms with van der Waals surface area (Å²) >= 11 is 0. The molecule has 0 aromatic heterocycles. The van der Waals surface area contributed by atoms with Crippen molar-refractivity contribution in [2.45, 2.75) is 34.1 Å². The van der Waals surface area contributed by atoms with Crippen molar-refractivity contribution >= 4 is 6.09 Å². The molecule has 0 radical (unpaired) electrons. The summed E-state index contributed by atoms with van der Waals surface area (Å²) in [7, 11) is 0. The highest BCUT2D eigenvalue weighted by molar-refractivity contribution is 5.67. The molecule has 1 amide bonds. The summed E-state index contributed by atoms with van der Waals surface area (Å²) in [6.07, 6.45) is 0.946. The summed E-state index contributed by atoms with van der Waals surface area (Å²) < 4.78 is 4.97. The number of likely N-dealkylation sites (tertiary alicyclic amines) is 1. The second kappa shape index (κ2) is 4.20. The van der Waals surface area contributed by atoms with Crippen LogP contribution in [0, 0.1) is 11.3 Å². The monoisotopic (exact) mass is 199 g/mol. The second-order valence-electron chi connectivity index (χ2n) is 5.00. The molecule has 0 spiro atoms. The van der Waals surface area contributed by atoms with Gasteiger partial charge in [0.2, 0.25) is 0 Å². The van der Waals surface area contributed by atoms with Gasteiger partial charge in [0, 0.05) is 13.1 Å². The zero-order valence-electron chi connectivity index (χ0n) is 9.67. The van der Waals surface area contributed by atoms with Crippen LogP contribution in [0.5, 0.6) is 0 Å². The lowest BCUT2D eigenvalue weighted by atomic mass is 9.80. The molecule has 82 valence electrons. The summed E-state index contributed by atoms with van der Waals surface area (Å²) in [4.78, 5) is 13.2. The van der Waals surface area contributed by atoms with Crippen LogP contribution in [0.25, 0.3) is 0 Å². The highest BCUT2D eigenvalue weighted by atomic mass is 16.6. The van der Waals surface area contributed by atoms with Gasteiger partial charge in [-0.25, -0.2) is 4.79 Å². The topological polar surface area (TPSA) is 29.5 Å². The molecule has 0 saturated carbocycles. The van der Waals surface area contributed by atoms with Gasteiger partial charge in [0.05, 0.1) is 6.61 Å². The molecule has 14 heavy (non-hydrogen) atoms. The molecule has 0 aliphatic carbocycles. The molecule has 3 nitrogen and oxygen atoms in total. The van der Waals surface area contributed by atoms with Crippen molar-refractivity contribution in [3.8, 4) is 0 Å². The van der Waals surface area contributed by atoms with Gasteiger partial charge in [-0.05, 0) is 24.7 Å². The van der Waals surface area contributed by atoms with Crippen molar-refractivity contribution in [2.75, 3.05) is 19.7 Å². The Labute approximate surface area is 86.4 Å². The van der Waals surface area contributed by atoms with Gasteiger partial charge in [-0.3, -0.25) is 0 Å². The lowest BCUT2D eigenvalue weighted by Gasteiger charge is -2.26. The van der Waals surface area contributed by atoms with Crippen molar-refractivity contribution in [3.63, 3.8) is 0 Å². The van der Waals surface area contributed by atoms with Crippen molar-refractivity contribution in [3.05, 3.63) is 0 Å². The summed E-state index contributed by atoms with van der Waals surface area (Å²) in [5.74, 6) is 0.604. The van der Waals surface area contributed by atoms with Crippen LogP contribution in [-0.4, -0.2) is 30.7 Å². The minimum absolute atomic E-state index is 0.153. The number of carbonyl (C=O) groups excluding carboxylic acids is 1. The van der Waals surface area contributed by atoms with Crippen LogP contribution in [0.4, 0.5) is 4.79 Å². The number of rotatable bonds is 1. The van der Waals surface area contributed by atoms with Crippen LogP contribution in [0.2, 0.25) is 0 Å². The molecule has 1 aliphatic heterocycles. The van der Waals surface area contributed by atoms with Crippen LogP contribution in [0.3, 0.4) is 0 Å².